The fourth-order valence-corrected chi connectivity index (χ4v) is 5.08. The standard InChI is InChI=1S/C20H21N3O7S/c24-20(14-30-17-3-1-16(2-4-17)23(25)26)22-8-7-15-13-18(5-6-19(15)22)31(27,28)21-9-11-29-12-10-21/h1-6,13H,7-12,14H2. The molecule has 31 heavy (non-hydrogen) atoms. The van der Waals surface area contributed by atoms with Crippen molar-refractivity contribution >= 4 is 27.3 Å². The van der Waals surface area contributed by atoms with Crippen molar-refractivity contribution in [3.05, 3.63) is 58.1 Å². The van der Waals surface area contributed by atoms with Gasteiger partial charge in [-0.2, -0.15) is 4.31 Å². The fourth-order valence-electron chi connectivity index (χ4n) is 3.62. The largest absolute Gasteiger partial charge is 0.484 e. The number of sulfonamides is 1. The lowest BCUT2D eigenvalue weighted by Crippen LogP contribution is -2.40. The van der Waals surface area contributed by atoms with Gasteiger partial charge in [-0.15, -0.1) is 0 Å². The monoisotopic (exact) mass is 447 g/mol. The van der Waals surface area contributed by atoms with Gasteiger partial charge in [0.05, 0.1) is 23.0 Å². The number of rotatable bonds is 6. The summed E-state index contributed by atoms with van der Waals surface area (Å²) in [6, 6.07) is 10.3. The second kappa shape index (κ2) is 8.61. The maximum Gasteiger partial charge on any atom is 0.269 e. The summed E-state index contributed by atoms with van der Waals surface area (Å²) in [7, 11) is -3.60. The van der Waals surface area contributed by atoms with E-state index in [9.17, 15) is 23.3 Å². The Morgan fingerprint density at radius 3 is 2.48 bits per heavy atom. The number of nitrogens with zero attached hydrogens (tertiary/aromatic N) is 3. The minimum atomic E-state index is -3.60. The van der Waals surface area contributed by atoms with Gasteiger partial charge in [0.25, 0.3) is 11.6 Å². The third kappa shape index (κ3) is 4.38. The molecule has 2 aliphatic rings. The molecule has 1 saturated heterocycles. The third-order valence-corrected chi connectivity index (χ3v) is 7.16. The number of amides is 1. The third-order valence-electron chi connectivity index (χ3n) is 5.27. The number of non-ortho nitro benzene ring substituents is 1. The van der Waals surface area contributed by atoms with Gasteiger partial charge in [0, 0.05) is 37.5 Å². The highest BCUT2D eigenvalue weighted by atomic mass is 32.2. The van der Waals surface area contributed by atoms with E-state index in [4.69, 9.17) is 9.47 Å². The summed E-state index contributed by atoms with van der Waals surface area (Å²) in [6.45, 7) is 1.60. The Kier molecular flexibility index (Phi) is 5.90. The van der Waals surface area contributed by atoms with Crippen molar-refractivity contribution in [3.63, 3.8) is 0 Å². The zero-order valence-corrected chi connectivity index (χ0v) is 17.4. The van der Waals surface area contributed by atoms with E-state index < -0.39 is 14.9 Å². The first-order valence-electron chi connectivity index (χ1n) is 9.75. The predicted octanol–water partition coefficient (Wildman–Crippen LogP) is 1.58. The molecule has 0 bridgehead atoms. The summed E-state index contributed by atoms with van der Waals surface area (Å²) in [4.78, 5) is 24.6. The number of anilines is 1. The molecular formula is C20H21N3O7S. The summed E-state index contributed by atoms with van der Waals surface area (Å²) < 4.78 is 37.8. The highest BCUT2D eigenvalue weighted by Gasteiger charge is 2.30. The number of hydrogen-bond donors (Lipinski definition) is 0. The molecular weight excluding hydrogens is 426 g/mol. The number of benzene rings is 2. The lowest BCUT2D eigenvalue weighted by Gasteiger charge is -2.26. The van der Waals surface area contributed by atoms with Crippen molar-refractivity contribution in [3.8, 4) is 5.75 Å². The van der Waals surface area contributed by atoms with E-state index in [1.54, 1.807) is 17.0 Å². The first-order chi connectivity index (χ1) is 14.9. The molecule has 0 aliphatic carbocycles. The zero-order valence-electron chi connectivity index (χ0n) is 16.6. The van der Waals surface area contributed by atoms with Gasteiger partial charge in [-0.1, -0.05) is 0 Å². The van der Waals surface area contributed by atoms with Crippen LogP contribution < -0.4 is 9.64 Å². The smallest absolute Gasteiger partial charge is 0.269 e. The average molecular weight is 447 g/mol. The maximum atomic E-state index is 12.9. The van der Waals surface area contributed by atoms with E-state index in [0.29, 0.717) is 50.7 Å². The molecule has 0 unspecified atom stereocenters. The molecule has 0 saturated carbocycles. The Balaban J connectivity index is 1.43. The molecule has 164 valence electrons. The quantitative estimate of drug-likeness (QED) is 0.487. The van der Waals surface area contributed by atoms with Gasteiger partial charge < -0.3 is 14.4 Å². The lowest BCUT2D eigenvalue weighted by atomic mass is 10.2. The van der Waals surface area contributed by atoms with Gasteiger partial charge in [0.2, 0.25) is 10.0 Å². The molecule has 0 atom stereocenters. The van der Waals surface area contributed by atoms with Crippen molar-refractivity contribution in [2.75, 3.05) is 44.4 Å². The van der Waals surface area contributed by atoms with Crippen LogP contribution in [0.5, 0.6) is 5.75 Å². The molecule has 0 aromatic heterocycles. The Morgan fingerprint density at radius 2 is 1.81 bits per heavy atom. The molecule has 11 heteroatoms. The normalized spacial score (nSPS) is 16.7. The summed E-state index contributed by atoms with van der Waals surface area (Å²) in [5.74, 6) is 0.0752. The highest BCUT2D eigenvalue weighted by Crippen LogP contribution is 2.31. The van der Waals surface area contributed by atoms with Crippen LogP contribution in [0.1, 0.15) is 5.56 Å². The Labute approximate surface area is 179 Å². The minimum absolute atomic E-state index is 0.0602. The fraction of sp³-hybridized carbons (Fsp3) is 0.350. The summed E-state index contributed by atoms with van der Waals surface area (Å²) >= 11 is 0. The van der Waals surface area contributed by atoms with Crippen molar-refractivity contribution in [1.29, 1.82) is 0 Å². The number of fused-ring (bicyclic) bond motifs is 1. The van der Waals surface area contributed by atoms with Crippen LogP contribution in [-0.4, -0.2) is 63.0 Å². The molecule has 1 fully saturated rings. The Hall–Kier alpha value is -3.02. The summed E-state index contributed by atoms with van der Waals surface area (Å²) in [5.41, 5.74) is 1.39. The molecule has 0 radical (unpaired) electrons. The number of ether oxygens (including phenoxy) is 2. The molecule has 2 aliphatic heterocycles. The van der Waals surface area contributed by atoms with Crippen LogP contribution in [0, 0.1) is 10.1 Å². The van der Waals surface area contributed by atoms with Crippen molar-refractivity contribution in [2.24, 2.45) is 0 Å². The Bertz CT molecular complexity index is 1100. The van der Waals surface area contributed by atoms with Gasteiger partial charge in [-0.3, -0.25) is 14.9 Å². The molecule has 2 heterocycles. The first kappa shape index (κ1) is 21.2. The highest BCUT2D eigenvalue weighted by molar-refractivity contribution is 7.89. The van der Waals surface area contributed by atoms with Crippen LogP contribution in [-0.2, 0) is 26.0 Å². The van der Waals surface area contributed by atoms with E-state index in [-0.39, 0.29) is 23.1 Å². The molecule has 1 amide bonds. The topological polar surface area (TPSA) is 119 Å². The molecule has 4 rings (SSSR count). The van der Waals surface area contributed by atoms with Crippen LogP contribution in [0.2, 0.25) is 0 Å². The van der Waals surface area contributed by atoms with Crippen LogP contribution in [0.4, 0.5) is 11.4 Å². The number of morpholine rings is 1. The van der Waals surface area contributed by atoms with Gasteiger partial charge in [0.1, 0.15) is 5.75 Å². The Morgan fingerprint density at radius 1 is 1.10 bits per heavy atom. The average Bonchev–Trinajstić information content (AvgIpc) is 3.22. The lowest BCUT2D eigenvalue weighted by molar-refractivity contribution is -0.384. The van der Waals surface area contributed by atoms with Gasteiger partial charge >= 0.3 is 0 Å². The van der Waals surface area contributed by atoms with Gasteiger partial charge in [-0.05, 0) is 42.3 Å². The maximum absolute atomic E-state index is 12.9. The van der Waals surface area contributed by atoms with Gasteiger partial charge in [-0.25, -0.2) is 8.42 Å². The summed E-state index contributed by atoms with van der Waals surface area (Å²) in [5, 5.41) is 10.7. The van der Waals surface area contributed by atoms with E-state index >= 15 is 0 Å². The van der Waals surface area contributed by atoms with Crippen LogP contribution >= 0.6 is 0 Å². The predicted molar refractivity (Wildman–Crippen MR) is 111 cm³/mol. The van der Waals surface area contributed by atoms with E-state index in [0.717, 1.165) is 5.56 Å². The number of carbonyl (C=O) groups is 1. The second-order valence-electron chi connectivity index (χ2n) is 7.14. The molecule has 0 N–H and O–H groups in total. The van der Waals surface area contributed by atoms with E-state index in [1.165, 1.54) is 34.6 Å². The van der Waals surface area contributed by atoms with Gasteiger partial charge in [0.15, 0.2) is 6.61 Å². The summed E-state index contributed by atoms with van der Waals surface area (Å²) in [6.07, 6.45) is 0.547. The molecule has 2 aromatic rings. The first-order valence-corrected chi connectivity index (χ1v) is 11.2. The van der Waals surface area contributed by atoms with Crippen molar-refractivity contribution in [1.82, 2.24) is 4.31 Å². The van der Waals surface area contributed by atoms with Crippen LogP contribution in [0.3, 0.4) is 0 Å². The zero-order chi connectivity index (χ0) is 22.0. The van der Waals surface area contributed by atoms with Crippen molar-refractivity contribution in [2.45, 2.75) is 11.3 Å². The molecule has 0 spiro atoms. The SMILES string of the molecule is O=C(COc1ccc([N+](=O)[O-])cc1)N1CCc2cc(S(=O)(=O)N3CCOCC3)ccc21. The van der Waals surface area contributed by atoms with Crippen LogP contribution in [0.15, 0.2) is 47.4 Å². The molecule has 2 aromatic carbocycles. The molecule has 10 nitrogen and oxygen atoms in total. The minimum Gasteiger partial charge on any atom is -0.484 e. The van der Waals surface area contributed by atoms with Crippen LogP contribution in [0.25, 0.3) is 0 Å². The number of hydrogen-bond acceptors (Lipinski definition) is 7. The second-order valence-corrected chi connectivity index (χ2v) is 9.08. The number of nitro groups is 1. The van der Waals surface area contributed by atoms with E-state index in [1.807, 2.05) is 0 Å². The van der Waals surface area contributed by atoms with E-state index in [2.05, 4.69) is 0 Å². The van der Waals surface area contributed by atoms with Crippen molar-refractivity contribution < 1.29 is 27.6 Å². The number of nitro benzene ring substituents is 1. The number of carbonyl (C=O) groups excluding carboxylic acids is 1.